The fourth-order valence-corrected chi connectivity index (χ4v) is 2.39. The van der Waals surface area contributed by atoms with Crippen LogP contribution in [0.1, 0.15) is 0 Å². The molecule has 0 saturated carbocycles. The second-order valence-corrected chi connectivity index (χ2v) is 5.17. The van der Waals surface area contributed by atoms with Gasteiger partial charge in [0.15, 0.2) is 5.65 Å². The van der Waals surface area contributed by atoms with E-state index in [-0.39, 0.29) is 6.03 Å². The zero-order valence-corrected chi connectivity index (χ0v) is 12.1. The van der Waals surface area contributed by atoms with Crippen LogP contribution in [0.25, 0.3) is 5.65 Å². The third-order valence-electron chi connectivity index (χ3n) is 2.90. The number of carbonyl (C=O) groups excluding carboxylic acids is 1. The molecule has 1 aromatic carbocycles. The summed E-state index contributed by atoms with van der Waals surface area (Å²) >= 11 is 1.62. The Bertz CT molecular complexity index is 786. The fraction of sp³-hybridized carbons (Fsp3) is 0.0714. The molecule has 106 valence electrons. The van der Waals surface area contributed by atoms with Gasteiger partial charge < -0.3 is 10.6 Å². The summed E-state index contributed by atoms with van der Waals surface area (Å²) in [5, 5.41) is 13.4. The molecule has 3 rings (SSSR count). The number of nitrogens with zero attached hydrogens (tertiary/aromatic N) is 3. The van der Waals surface area contributed by atoms with Crippen LogP contribution in [0.3, 0.4) is 0 Å². The summed E-state index contributed by atoms with van der Waals surface area (Å²) in [4.78, 5) is 13.2. The van der Waals surface area contributed by atoms with Crippen molar-refractivity contribution in [1.82, 2.24) is 14.6 Å². The van der Waals surface area contributed by atoms with Gasteiger partial charge in [0.1, 0.15) is 6.33 Å². The second-order valence-electron chi connectivity index (χ2n) is 4.29. The van der Waals surface area contributed by atoms with E-state index in [0.29, 0.717) is 11.3 Å². The summed E-state index contributed by atoms with van der Waals surface area (Å²) in [7, 11) is 0. The minimum Gasteiger partial charge on any atom is -0.308 e. The summed E-state index contributed by atoms with van der Waals surface area (Å²) in [6.45, 7) is 0. The number of fused-ring (bicyclic) bond motifs is 1. The van der Waals surface area contributed by atoms with Gasteiger partial charge in [0.25, 0.3) is 0 Å². The van der Waals surface area contributed by atoms with E-state index in [0.717, 1.165) is 10.6 Å². The Labute approximate surface area is 125 Å². The van der Waals surface area contributed by atoms with Crippen molar-refractivity contribution in [3.63, 3.8) is 0 Å². The average Bonchev–Trinajstić information content (AvgIpc) is 2.97. The van der Waals surface area contributed by atoms with Crippen LogP contribution in [0, 0.1) is 0 Å². The number of amides is 2. The van der Waals surface area contributed by atoms with Crippen LogP contribution in [0.4, 0.5) is 16.2 Å². The maximum atomic E-state index is 12.1. The molecule has 0 aliphatic heterocycles. The van der Waals surface area contributed by atoms with Gasteiger partial charge in [0, 0.05) is 16.8 Å². The number of thioether (sulfide) groups is 1. The quantitative estimate of drug-likeness (QED) is 0.729. The Morgan fingerprint density at radius 2 is 2.14 bits per heavy atom. The molecule has 7 heteroatoms. The summed E-state index contributed by atoms with van der Waals surface area (Å²) < 4.78 is 1.74. The molecule has 0 spiro atoms. The number of aromatic nitrogens is 3. The topological polar surface area (TPSA) is 71.3 Å². The lowest BCUT2D eigenvalue weighted by molar-refractivity contribution is 0.262. The Morgan fingerprint density at radius 3 is 3.00 bits per heavy atom. The average molecular weight is 299 g/mol. The van der Waals surface area contributed by atoms with E-state index in [2.05, 4.69) is 20.8 Å². The van der Waals surface area contributed by atoms with Gasteiger partial charge >= 0.3 is 6.03 Å². The van der Waals surface area contributed by atoms with Crippen LogP contribution in [0.5, 0.6) is 0 Å². The molecular formula is C14H13N5OS. The zero-order valence-electron chi connectivity index (χ0n) is 11.3. The Kier molecular flexibility index (Phi) is 3.74. The first-order valence-corrected chi connectivity index (χ1v) is 7.49. The van der Waals surface area contributed by atoms with Crippen molar-refractivity contribution in [3.8, 4) is 0 Å². The van der Waals surface area contributed by atoms with E-state index < -0.39 is 0 Å². The van der Waals surface area contributed by atoms with E-state index in [1.165, 1.54) is 0 Å². The third kappa shape index (κ3) is 2.97. The predicted octanol–water partition coefficient (Wildman–Crippen LogP) is 3.10. The first-order chi connectivity index (χ1) is 10.3. The Balaban J connectivity index is 1.75. The van der Waals surface area contributed by atoms with Crippen LogP contribution >= 0.6 is 11.8 Å². The Morgan fingerprint density at radius 1 is 1.24 bits per heavy atom. The number of pyridine rings is 1. The van der Waals surface area contributed by atoms with Crippen LogP contribution in [-0.4, -0.2) is 26.9 Å². The number of benzene rings is 1. The molecule has 0 aliphatic rings. The van der Waals surface area contributed by atoms with Crippen molar-refractivity contribution in [1.29, 1.82) is 0 Å². The van der Waals surface area contributed by atoms with Crippen molar-refractivity contribution >= 4 is 34.8 Å². The fourth-order valence-electron chi connectivity index (χ4n) is 1.93. The molecule has 2 heterocycles. The number of hydrogen-bond donors (Lipinski definition) is 2. The molecule has 6 nitrogen and oxygen atoms in total. The number of anilines is 2. The lowest BCUT2D eigenvalue weighted by Gasteiger charge is -2.09. The molecule has 0 aliphatic carbocycles. The lowest BCUT2D eigenvalue weighted by Crippen LogP contribution is -2.19. The SMILES string of the molecule is CSc1cccc(NC(=O)Nc2cccn3cnnc23)c1. The minimum absolute atomic E-state index is 0.315. The van der Waals surface area contributed by atoms with E-state index in [1.807, 2.05) is 42.8 Å². The first kappa shape index (κ1) is 13.4. The van der Waals surface area contributed by atoms with E-state index in [9.17, 15) is 4.79 Å². The van der Waals surface area contributed by atoms with Crippen LogP contribution in [0.2, 0.25) is 0 Å². The number of hydrogen-bond acceptors (Lipinski definition) is 4. The molecule has 21 heavy (non-hydrogen) atoms. The highest BCUT2D eigenvalue weighted by molar-refractivity contribution is 7.98. The van der Waals surface area contributed by atoms with Crippen LogP contribution in [0.15, 0.2) is 53.8 Å². The van der Waals surface area contributed by atoms with Gasteiger partial charge in [-0.25, -0.2) is 4.79 Å². The Hall–Kier alpha value is -2.54. The standard InChI is InChI=1S/C14H13N5OS/c1-21-11-5-2-4-10(8-11)16-14(20)17-12-6-3-7-19-9-15-18-13(12)19/h2-9H,1H3,(H2,16,17,20). The van der Waals surface area contributed by atoms with Crippen molar-refractivity contribution in [2.24, 2.45) is 0 Å². The van der Waals surface area contributed by atoms with E-state index in [1.54, 1.807) is 28.6 Å². The largest absolute Gasteiger partial charge is 0.323 e. The first-order valence-electron chi connectivity index (χ1n) is 6.27. The van der Waals surface area contributed by atoms with Gasteiger partial charge in [-0.05, 0) is 36.6 Å². The molecule has 2 amide bonds. The highest BCUT2D eigenvalue weighted by atomic mass is 32.2. The molecule has 0 unspecified atom stereocenters. The van der Waals surface area contributed by atoms with E-state index in [4.69, 9.17) is 0 Å². The van der Waals surface area contributed by atoms with Crippen molar-refractivity contribution in [2.45, 2.75) is 4.90 Å². The van der Waals surface area contributed by atoms with Crippen molar-refractivity contribution in [2.75, 3.05) is 16.9 Å². The van der Waals surface area contributed by atoms with Gasteiger partial charge in [0.2, 0.25) is 0 Å². The molecule has 0 radical (unpaired) electrons. The van der Waals surface area contributed by atoms with Gasteiger partial charge in [-0.2, -0.15) is 0 Å². The molecule has 0 atom stereocenters. The maximum Gasteiger partial charge on any atom is 0.323 e. The van der Waals surface area contributed by atoms with Gasteiger partial charge in [-0.1, -0.05) is 6.07 Å². The van der Waals surface area contributed by atoms with Crippen LogP contribution < -0.4 is 10.6 Å². The summed E-state index contributed by atoms with van der Waals surface area (Å²) in [5.74, 6) is 0. The molecule has 0 bridgehead atoms. The lowest BCUT2D eigenvalue weighted by atomic mass is 10.3. The summed E-state index contributed by atoms with van der Waals surface area (Å²) in [6.07, 6.45) is 5.39. The third-order valence-corrected chi connectivity index (χ3v) is 3.62. The summed E-state index contributed by atoms with van der Waals surface area (Å²) in [6, 6.07) is 10.9. The zero-order chi connectivity index (χ0) is 14.7. The number of carbonyl (C=O) groups is 1. The van der Waals surface area contributed by atoms with Crippen molar-refractivity contribution < 1.29 is 4.79 Å². The monoisotopic (exact) mass is 299 g/mol. The van der Waals surface area contributed by atoms with Crippen LogP contribution in [-0.2, 0) is 0 Å². The molecule has 0 fully saturated rings. The highest BCUT2D eigenvalue weighted by Gasteiger charge is 2.07. The number of urea groups is 1. The normalized spacial score (nSPS) is 10.5. The molecule has 2 aromatic heterocycles. The van der Waals surface area contributed by atoms with Gasteiger partial charge in [0.05, 0.1) is 5.69 Å². The molecule has 2 N–H and O–H groups in total. The number of nitrogens with one attached hydrogen (secondary N) is 2. The van der Waals surface area contributed by atoms with Gasteiger partial charge in [-0.3, -0.25) is 4.40 Å². The number of rotatable bonds is 3. The highest BCUT2D eigenvalue weighted by Crippen LogP contribution is 2.19. The molecule has 0 saturated heterocycles. The molecular weight excluding hydrogens is 286 g/mol. The van der Waals surface area contributed by atoms with Gasteiger partial charge in [-0.15, -0.1) is 22.0 Å². The minimum atomic E-state index is -0.315. The van der Waals surface area contributed by atoms with Crippen molar-refractivity contribution in [3.05, 3.63) is 48.9 Å². The summed E-state index contributed by atoms with van der Waals surface area (Å²) in [5.41, 5.74) is 1.95. The predicted molar refractivity (Wildman–Crippen MR) is 83.9 cm³/mol. The smallest absolute Gasteiger partial charge is 0.308 e. The molecule has 3 aromatic rings. The van der Waals surface area contributed by atoms with E-state index >= 15 is 0 Å². The maximum absolute atomic E-state index is 12.1. The second kappa shape index (κ2) is 5.84.